The number of ether oxygens (including phenoxy) is 2. The van der Waals surface area contributed by atoms with Gasteiger partial charge in [0.05, 0.1) is 23.9 Å². The predicted octanol–water partition coefficient (Wildman–Crippen LogP) is 4.10. The van der Waals surface area contributed by atoms with Gasteiger partial charge in [0.15, 0.2) is 17.0 Å². The van der Waals surface area contributed by atoms with E-state index in [1.165, 1.54) is 11.3 Å². The zero-order valence-electron chi connectivity index (χ0n) is 19.1. The molecule has 170 valence electrons. The van der Waals surface area contributed by atoms with Crippen molar-refractivity contribution in [2.45, 2.75) is 27.3 Å². The zero-order chi connectivity index (χ0) is 23.7. The fourth-order valence-electron chi connectivity index (χ4n) is 3.56. The van der Waals surface area contributed by atoms with Gasteiger partial charge >= 0.3 is 0 Å². The van der Waals surface area contributed by atoms with E-state index in [1.54, 1.807) is 26.4 Å². The summed E-state index contributed by atoms with van der Waals surface area (Å²) in [6.45, 7) is 5.51. The second-order valence-corrected chi connectivity index (χ2v) is 8.79. The third-order valence-electron chi connectivity index (χ3n) is 5.44. The number of nitrogens with one attached hydrogen (secondary N) is 1. The fourth-order valence-corrected chi connectivity index (χ4v) is 4.48. The number of rotatable bonds is 6. The average Bonchev–Trinajstić information content (AvgIpc) is 3.20. The molecule has 2 heterocycles. The third kappa shape index (κ3) is 4.31. The molecule has 0 aliphatic carbocycles. The molecular formula is C24H24N4O4S. The molecule has 9 heteroatoms. The van der Waals surface area contributed by atoms with Crippen LogP contribution in [-0.2, 0) is 11.3 Å². The molecule has 0 atom stereocenters. The molecule has 0 saturated heterocycles. The van der Waals surface area contributed by atoms with E-state index < -0.39 is 5.56 Å². The summed E-state index contributed by atoms with van der Waals surface area (Å²) >= 11 is 1.39. The van der Waals surface area contributed by atoms with Gasteiger partial charge < -0.3 is 14.8 Å². The Hall–Kier alpha value is -3.72. The number of carbonyl (C=O) groups excluding carboxylic acids is 1. The van der Waals surface area contributed by atoms with Crippen molar-refractivity contribution in [3.05, 3.63) is 62.9 Å². The van der Waals surface area contributed by atoms with Gasteiger partial charge in [0, 0.05) is 11.3 Å². The van der Waals surface area contributed by atoms with Crippen molar-refractivity contribution in [3.8, 4) is 22.8 Å². The Kier molecular flexibility index (Phi) is 6.15. The number of aromatic nitrogens is 3. The van der Waals surface area contributed by atoms with Gasteiger partial charge in [-0.2, -0.15) is 5.10 Å². The van der Waals surface area contributed by atoms with Crippen LogP contribution >= 0.6 is 11.3 Å². The van der Waals surface area contributed by atoms with Gasteiger partial charge in [0.1, 0.15) is 12.2 Å². The Bertz CT molecular complexity index is 1420. The molecule has 8 nitrogen and oxygen atoms in total. The van der Waals surface area contributed by atoms with Crippen LogP contribution in [0, 0.1) is 20.8 Å². The number of fused-ring (bicyclic) bond motifs is 1. The zero-order valence-corrected chi connectivity index (χ0v) is 19.9. The lowest BCUT2D eigenvalue weighted by Crippen LogP contribution is -2.30. The molecule has 4 rings (SSSR count). The standard InChI is InChI=1S/C24H24N4O4S/c1-13-7-6-8-17(14(13)2)26-20(29)12-28-24(30)22-23(33-15(3)25-22)21(27-28)16-9-10-18(31-4)19(11-16)32-5/h6-11H,12H2,1-5H3,(H,26,29). The molecule has 0 radical (unpaired) electrons. The average molecular weight is 465 g/mol. The van der Waals surface area contributed by atoms with Crippen molar-refractivity contribution in [3.63, 3.8) is 0 Å². The molecule has 0 aliphatic heterocycles. The van der Waals surface area contributed by atoms with E-state index in [4.69, 9.17) is 9.47 Å². The number of amides is 1. The summed E-state index contributed by atoms with van der Waals surface area (Å²) in [5, 5.41) is 8.17. The van der Waals surface area contributed by atoms with Gasteiger partial charge in [0.25, 0.3) is 5.56 Å². The van der Waals surface area contributed by atoms with Crippen LogP contribution in [0.5, 0.6) is 11.5 Å². The van der Waals surface area contributed by atoms with E-state index >= 15 is 0 Å². The Morgan fingerprint density at radius 3 is 2.58 bits per heavy atom. The second-order valence-electron chi connectivity index (χ2n) is 7.59. The normalized spacial score (nSPS) is 10.9. The van der Waals surface area contributed by atoms with E-state index in [-0.39, 0.29) is 18.0 Å². The summed E-state index contributed by atoms with van der Waals surface area (Å²) in [6, 6.07) is 11.1. The van der Waals surface area contributed by atoms with Crippen LogP contribution in [0.2, 0.25) is 0 Å². The lowest BCUT2D eigenvalue weighted by Gasteiger charge is -2.13. The minimum atomic E-state index is -0.408. The molecule has 0 saturated carbocycles. The molecule has 2 aromatic carbocycles. The molecule has 0 bridgehead atoms. The van der Waals surface area contributed by atoms with Crippen LogP contribution in [0.3, 0.4) is 0 Å². The first kappa shape index (κ1) is 22.5. The first-order valence-corrected chi connectivity index (χ1v) is 11.1. The van der Waals surface area contributed by atoms with Crippen LogP contribution < -0.4 is 20.3 Å². The number of hydrogen-bond acceptors (Lipinski definition) is 7. The third-order valence-corrected chi connectivity index (χ3v) is 6.41. The van der Waals surface area contributed by atoms with Crippen LogP contribution in [0.15, 0.2) is 41.2 Å². The van der Waals surface area contributed by atoms with Gasteiger partial charge in [-0.3, -0.25) is 9.59 Å². The van der Waals surface area contributed by atoms with Crippen LogP contribution in [0.1, 0.15) is 16.1 Å². The molecule has 1 amide bonds. The number of thiazole rings is 1. The monoisotopic (exact) mass is 464 g/mol. The highest BCUT2D eigenvalue weighted by Crippen LogP contribution is 2.35. The van der Waals surface area contributed by atoms with Crippen molar-refractivity contribution in [2.24, 2.45) is 0 Å². The molecule has 33 heavy (non-hydrogen) atoms. The van der Waals surface area contributed by atoms with Crippen molar-refractivity contribution in [1.82, 2.24) is 14.8 Å². The van der Waals surface area contributed by atoms with Crippen molar-refractivity contribution in [2.75, 3.05) is 19.5 Å². The first-order valence-electron chi connectivity index (χ1n) is 10.3. The molecule has 2 aromatic heterocycles. The highest BCUT2D eigenvalue weighted by atomic mass is 32.1. The molecule has 0 aliphatic rings. The highest BCUT2D eigenvalue weighted by molar-refractivity contribution is 7.19. The van der Waals surface area contributed by atoms with Gasteiger partial charge in [-0.25, -0.2) is 9.67 Å². The number of nitrogens with zero attached hydrogens (tertiary/aromatic N) is 3. The number of aryl methyl sites for hydroxylation is 2. The van der Waals surface area contributed by atoms with Gasteiger partial charge in [-0.1, -0.05) is 12.1 Å². The summed E-state index contributed by atoms with van der Waals surface area (Å²) in [5.41, 5.74) is 3.91. The number of anilines is 1. The minimum Gasteiger partial charge on any atom is -0.493 e. The molecule has 0 fully saturated rings. The lowest BCUT2D eigenvalue weighted by molar-refractivity contribution is -0.117. The van der Waals surface area contributed by atoms with Crippen molar-refractivity contribution in [1.29, 1.82) is 0 Å². The number of benzene rings is 2. The Morgan fingerprint density at radius 2 is 1.85 bits per heavy atom. The number of hydrogen-bond donors (Lipinski definition) is 1. The SMILES string of the molecule is COc1ccc(-c2nn(CC(=O)Nc3cccc(C)c3C)c(=O)c3nc(C)sc23)cc1OC. The van der Waals surface area contributed by atoms with E-state index in [0.29, 0.717) is 27.6 Å². The topological polar surface area (TPSA) is 95.3 Å². The second kappa shape index (κ2) is 9.03. The van der Waals surface area contributed by atoms with Gasteiger partial charge in [0.2, 0.25) is 5.91 Å². The van der Waals surface area contributed by atoms with Crippen LogP contribution in [0.4, 0.5) is 5.69 Å². The Labute approximate surface area is 194 Å². The molecule has 1 N–H and O–H groups in total. The summed E-state index contributed by atoms with van der Waals surface area (Å²) < 4.78 is 12.6. The van der Waals surface area contributed by atoms with Crippen LogP contribution in [0.25, 0.3) is 21.5 Å². The maximum absolute atomic E-state index is 13.1. The van der Waals surface area contributed by atoms with Crippen molar-refractivity contribution >= 4 is 33.1 Å². The lowest BCUT2D eigenvalue weighted by atomic mass is 10.1. The number of carbonyl (C=O) groups is 1. The minimum absolute atomic E-state index is 0.237. The summed E-state index contributed by atoms with van der Waals surface area (Å²) in [4.78, 5) is 30.3. The summed E-state index contributed by atoms with van der Waals surface area (Å²) in [5.74, 6) is 0.777. The molecule has 0 spiro atoms. The largest absolute Gasteiger partial charge is 0.493 e. The van der Waals surface area contributed by atoms with E-state index in [0.717, 1.165) is 26.4 Å². The van der Waals surface area contributed by atoms with E-state index in [2.05, 4.69) is 15.4 Å². The molecular weight excluding hydrogens is 440 g/mol. The first-order chi connectivity index (χ1) is 15.8. The summed E-state index contributed by atoms with van der Waals surface area (Å²) in [6.07, 6.45) is 0. The van der Waals surface area contributed by atoms with E-state index in [1.807, 2.05) is 45.0 Å². The fraction of sp³-hybridized carbons (Fsp3) is 0.250. The predicted molar refractivity (Wildman–Crippen MR) is 129 cm³/mol. The van der Waals surface area contributed by atoms with Gasteiger partial charge in [-0.05, 0) is 56.2 Å². The quantitative estimate of drug-likeness (QED) is 0.462. The molecule has 0 unspecified atom stereocenters. The van der Waals surface area contributed by atoms with Crippen LogP contribution in [-0.4, -0.2) is 34.9 Å². The summed E-state index contributed by atoms with van der Waals surface area (Å²) in [7, 11) is 3.12. The Balaban J connectivity index is 1.77. The van der Waals surface area contributed by atoms with E-state index in [9.17, 15) is 9.59 Å². The number of methoxy groups -OCH3 is 2. The maximum atomic E-state index is 13.1. The van der Waals surface area contributed by atoms with Gasteiger partial charge in [-0.15, -0.1) is 11.3 Å². The molecule has 4 aromatic rings. The highest BCUT2D eigenvalue weighted by Gasteiger charge is 2.19. The van der Waals surface area contributed by atoms with Crippen molar-refractivity contribution < 1.29 is 14.3 Å². The maximum Gasteiger partial charge on any atom is 0.294 e. The smallest absolute Gasteiger partial charge is 0.294 e. The Morgan fingerprint density at radius 1 is 1.09 bits per heavy atom.